The minimum absolute atomic E-state index is 0.0218. The van der Waals surface area contributed by atoms with Gasteiger partial charge in [0, 0.05) is 40.5 Å². The maximum absolute atomic E-state index is 13.8. The fraction of sp³-hybridized carbons (Fsp3) is 0.188. The predicted octanol–water partition coefficient (Wildman–Crippen LogP) is 5.23. The van der Waals surface area contributed by atoms with Crippen molar-refractivity contribution >= 4 is 40.5 Å². The van der Waals surface area contributed by atoms with Gasteiger partial charge in [-0.25, -0.2) is 20.5 Å². The number of aromatic nitrogens is 6. The van der Waals surface area contributed by atoms with Gasteiger partial charge in [-0.15, -0.1) is 0 Å². The van der Waals surface area contributed by atoms with E-state index < -0.39 is 6.04 Å². The Morgan fingerprint density at radius 2 is 1.91 bits per heavy atom. The number of nitrogens with zero attached hydrogens (tertiary/aromatic N) is 7. The van der Waals surface area contributed by atoms with Crippen LogP contribution in [0.15, 0.2) is 95.7 Å². The second kappa shape index (κ2) is 13.1. The molecule has 0 spiro atoms. The van der Waals surface area contributed by atoms with Crippen LogP contribution in [0.3, 0.4) is 0 Å². The molecule has 0 fully saturated rings. The molecule has 46 heavy (non-hydrogen) atoms. The van der Waals surface area contributed by atoms with Gasteiger partial charge >= 0.3 is 0 Å². The first-order valence-corrected chi connectivity index (χ1v) is 15.3. The molecule has 14 heteroatoms. The standard InChI is InChI=1S/C32H30Cl2N10O2/c1-19-5-4-6-27(42-18-39-23(15-30(42)45)22-14-21(33)8-9-26(22)43(36)17-28(34)35)24-13-20(10-12-37-24)31-25(40-32(19)46)16-44(41-31)29-7-2-3-11-38-29/h2-3,7-19,27H,4-6,35-36H2,1H3,(H,40,46)/b28-17-. The Morgan fingerprint density at radius 1 is 1.07 bits per heavy atom. The van der Waals surface area contributed by atoms with Crippen molar-refractivity contribution in [2.24, 2.45) is 17.5 Å². The minimum atomic E-state index is -0.464. The van der Waals surface area contributed by atoms with Gasteiger partial charge in [-0.05, 0) is 55.3 Å². The average Bonchev–Trinajstić information content (AvgIpc) is 3.46. The lowest BCUT2D eigenvalue weighted by atomic mass is 9.97. The zero-order chi connectivity index (χ0) is 32.4. The number of anilines is 2. The molecule has 0 aliphatic carbocycles. The summed E-state index contributed by atoms with van der Waals surface area (Å²) in [5.41, 5.74) is 9.17. The molecule has 1 aromatic carbocycles. The smallest absolute Gasteiger partial charge is 0.254 e. The first-order chi connectivity index (χ1) is 22.2. The quantitative estimate of drug-likeness (QED) is 0.131. The van der Waals surface area contributed by atoms with Crippen molar-refractivity contribution in [1.29, 1.82) is 0 Å². The van der Waals surface area contributed by atoms with Gasteiger partial charge in [0.2, 0.25) is 5.91 Å². The minimum Gasteiger partial charge on any atom is -0.388 e. The van der Waals surface area contributed by atoms with Gasteiger partial charge in [0.1, 0.15) is 10.9 Å². The van der Waals surface area contributed by atoms with E-state index in [1.807, 2.05) is 37.3 Å². The molecule has 0 radical (unpaired) electrons. The van der Waals surface area contributed by atoms with Gasteiger partial charge in [-0.2, -0.15) is 5.10 Å². The highest BCUT2D eigenvalue weighted by molar-refractivity contribution is 6.31. The summed E-state index contributed by atoms with van der Waals surface area (Å²) in [6, 6.07) is 15.2. The normalized spacial score (nSPS) is 17.0. The zero-order valence-corrected chi connectivity index (χ0v) is 26.2. The van der Waals surface area contributed by atoms with Gasteiger partial charge < -0.3 is 11.1 Å². The second-order valence-corrected chi connectivity index (χ2v) is 11.8. The van der Waals surface area contributed by atoms with Crippen LogP contribution in [0.1, 0.15) is 37.9 Å². The Balaban J connectivity index is 1.43. The lowest BCUT2D eigenvalue weighted by molar-refractivity contribution is -0.119. The summed E-state index contributed by atoms with van der Waals surface area (Å²) in [6.07, 6.45) is 9.74. The molecule has 5 aromatic rings. The number of halogens is 2. The third-order valence-electron chi connectivity index (χ3n) is 7.76. The molecule has 1 aliphatic rings. The molecule has 2 unspecified atom stereocenters. The third kappa shape index (κ3) is 6.50. The number of hydrogen-bond donors (Lipinski definition) is 3. The summed E-state index contributed by atoms with van der Waals surface area (Å²) in [7, 11) is 0. The molecular formula is C32H30Cl2N10O2. The van der Waals surface area contributed by atoms with Crippen LogP contribution in [0.2, 0.25) is 5.02 Å². The lowest BCUT2D eigenvalue weighted by Crippen LogP contribution is -2.28. The van der Waals surface area contributed by atoms with Crippen molar-refractivity contribution < 1.29 is 4.79 Å². The molecule has 1 amide bonds. The number of rotatable bonds is 5. The van der Waals surface area contributed by atoms with Gasteiger partial charge in [0.05, 0.1) is 47.5 Å². The van der Waals surface area contributed by atoms with E-state index in [1.54, 1.807) is 46.0 Å². The maximum atomic E-state index is 13.8. The summed E-state index contributed by atoms with van der Waals surface area (Å²) in [6.45, 7) is 1.88. The Hall–Kier alpha value is -5.04. The SMILES string of the molecule is CC1CCCC(n2cnc(-c3cc(Cl)ccc3N(N)/C=C(\N)Cl)cc2=O)c2cc(ccn2)-c2nn(-c3ccccn3)cc2NC1=O. The molecular weight excluding hydrogens is 627 g/mol. The first-order valence-electron chi connectivity index (χ1n) is 14.5. The number of nitrogens with one attached hydrogen (secondary N) is 1. The van der Waals surface area contributed by atoms with E-state index in [0.29, 0.717) is 64.1 Å². The molecule has 1 aliphatic heterocycles. The highest BCUT2D eigenvalue weighted by atomic mass is 35.5. The molecule has 0 saturated heterocycles. The number of pyridine rings is 2. The Bertz CT molecular complexity index is 1990. The monoisotopic (exact) mass is 656 g/mol. The molecule has 2 bridgehead atoms. The summed E-state index contributed by atoms with van der Waals surface area (Å²) >= 11 is 12.1. The zero-order valence-electron chi connectivity index (χ0n) is 24.7. The van der Waals surface area contributed by atoms with E-state index in [1.165, 1.54) is 23.6 Å². The third-order valence-corrected chi connectivity index (χ3v) is 8.09. The highest BCUT2D eigenvalue weighted by Crippen LogP contribution is 2.34. The van der Waals surface area contributed by atoms with Crippen molar-refractivity contribution in [3.63, 3.8) is 0 Å². The maximum Gasteiger partial charge on any atom is 0.254 e. The number of amides is 1. The van der Waals surface area contributed by atoms with E-state index >= 15 is 0 Å². The van der Waals surface area contributed by atoms with Crippen LogP contribution in [0.25, 0.3) is 28.3 Å². The van der Waals surface area contributed by atoms with Crippen molar-refractivity contribution in [2.45, 2.75) is 32.2 Å². The fourth-order valence-electron chi connectivity index (χ4n) is 5.43. The summed E-state index contributed by atoms with van der Waals surface area (Å²) < 4.78 is 3.18. The number of fused-ring (bicyclic) bond motifs is 4. The number of carbonyl (C=O) groups excluding carboxylic acids is 1. The Morgan fingerprint density at radius 3 is 2.67 bits per heavy atom. The van der Waals surface area contributed by atoms with E-state index in [9.17, 15) is 9.59 Å². The van der Waals surface area contributed by atoms with Crippen LogP contribution in [0, 0.1) is 5.92 Å². The molecule has 5 heterocycles. The topological polar surface area (TPSA) is 163 Å². The van der Waals surface area contributed by atoms with Gasteiger partial charge in [-0.3, -0.25) is 24.1 Å². The second-order valence-electron chi connectivity index (χ2n) is 10.9. The van der Waals surface area contributed by atoms with Gasteiger partial charge in [-0.1, -0.05) is 42.6 Å². The van der Waals surface area contributed by atoms with Crippen LogP contribution < -0.4 is 27.5 Å². The van der Waals surface area contributed by atoms with Crippen LogP contribution >= 0.6 is 23.2 Å². The number of benzene rings is 1. The van der Waals surface area contributed by atoms with E-state index in [2.05, 4.69) is 20.3 Å². The van der Waals surface area contributed by atoms with Crippen molar-refractivity contribution in [1.82, 2.24) is 29.3 Å². The molecule has 2 atom stereocenters. The van der Waals surface area contributed by atoms with Crippen molar-refractivity contribution in [3.05, 3.63) is 112 Å². The van der Waals surface area contributed by atoms with E-state index in [0.717, 1.165) is 5.56 Å². The number of hydrogen-bond acceptors (Lipinski definition) is 9. The summed E-state index contributed by atoms with van der Waals surface area (Å²) in [4.78, 5) is 40.7. The number of hydrazine groups is 1. The summed E-state index contributed by atoms with van der Waals surface area (Å²) in [5, 5.41) is 9.48. The first kappa shape index (κ1) is 31.0. The predicted molar refractivity (Wildman–Crippen MR) is 178 cm³/mol. The molecule has 5 N–H and O–H groups in total. The largest absolute Gasteiger partial charge is 0.388 e. The van der Waals surface area contributed by atoms with Crippen LogP contribution in [0.5, 0.6) is 0 Å². The number of nitrogens with two attached hydrogens (primary N) is 2. The van der Waals surface area contributed by atoms with Crippen LogP contribution in [-0.4, -0.2) is 35.2 Å². The van der Waals surface area contributed by atoms with Gasteiger partial charge in [0.25, 0.3) is 5.56 Å². The number of carbonyl (C=O) groups is 1. The molecule has 0 saturated carbocycles. The fourth-order valence-corrected chi connectivity index (χ4v) is 5.71. The van der Waals surface area contributed by atoms with E-state index in [-0.39, 0.29) is 22.5 Å². The van der Waals surface area contributed by atoms with Crippen molar-refractivity contribution in [3.8, 4) is 28.3 Å². The molecule has 4 aromatic heterocycles. The molecule has 234 valence electrons. The Labute approximate surface area is 274 Å². The van der Waals surface area contributed by atoms with E-state index in [4.69, 9.17) is 39.9 Å². The molecule has 12 nitrogen and oxygen atoms in total. The van der Waals surface area contributed by atoms with Crippen molar-refractivity contribution in [2.75, 3.05) is 10.3 Å². The highest BCUT2D eigenvalue weighted by Gasteiger charge is 2.24. The van der Waals surface area contributed by atoms with Crippen LogP contribution in [-0.2, 0) is 4.79 Å². The summed E-state index contributed by atoms with van der Waals surface area (Å²) in [5.74, 6) is 6.37. The average molecular weight is 658 g/mol. The van der Waals surface area contributed by atoms with Crippen LogP contribution in [0.4, 0.5) is 11.4 Å². The lowest BCUT2D eigenvalue weighted by Gasteiger charge is -2.22. The Kier molecular flexibility index (Phi) is 8.84. The molecule has 6 rings (SSSR count). The van der Waals surface area contributed by atoms with Gasteiger partial charge in [0.15, 0.2) is 5.82 Å².